The van der Waals surface area contributed by atoms with Crippen molar-refractivity contribution in [3.8, 4) is 5.75 Å². The number of rotatable bonds is 3. The molecule has 1 aromatic heterocycles. The first-order valence-electron chi connectivity index (χ1n) is 5.77. The molecule has 0 fully saturated rings. The minimum Gasteiger partial charge on any atom is -0.497 e. The van der Waals surface area contributed by atoms with Crippen LogP contribution in [-0.2, 0) is 7.05 Å². The highest BCUT2D eigenvalue weighted by Crippen LogP contribution is 2.19. The van der Waals surface area contributed by atoms with Crippen molar-refractivity contribution in [3.63, 3.8) is 0 Å². The van der Waals surface area contributed by atoms with Gasteiger partial charge in [0.2, 0.25) is 0 Å². The maximum absolute atomic E-state index is 12.2. The first-order valence-corrected chi connectivity index (χ1v) is 5.77. The molecule has 0 unspecified atom stereocenters. The average molecular weight is 260 g/mol. The Hall–Kier alpha value is -2.50. The van der Waals surface area contributed by atoms with E-state index in [4.69, 9.17) is 10.5 Å². The number of benzene rings is 1. The number of hydrogen-bond acceptors (Lipinski definition) is 4. The fraction of sp³-hybridized carbons (Fsp3) is 0.231. The van der Waals surface area contributed by atoms with Crippen LogP contribution in [0.2, 0.25) is 0 Å². The van der Waals surface area contributed by atoms with Crippen molar-refractivity contribution in [2.45, 2.75) is 6.92 Å². The number of hydrogen-bond donors (Lipinski definition) is 2. The van der Waals surface area contributed by atoms with Crippen LogP contribution in [0.4, 0.5) is 11.5 Å². The molecule has 1 amide bonds. The van der Waals surface area contributed by atoms with Crippen LogP contribution in [-0.4, -0.2) is 22.6 Å². The number of carbonyl (C=O) groups is 1. The van der Waals surface area contributed by atoms with E-state index < -0.39 is 0 Å². The van der Waals surface area contributed by atoms with E-state index in [0.717, 1.165) is 0 Å². The van der Waals surface area contributed by atoms with E-state index in [1.807, 2.05) is 0 Å². The van der Waals surface area contributed by atoms with Crippen molar-refractivity contribution < 1.29 is 9.53 Å². The van der Waals surface area contributed by atoms with Gasteiger partial charge in [0.1, 0.15) is 11.6 Å². The van der Waals surface area contributed by atoms with Gasteiger partial charge in [-0.2, -0.15) is 0 Å². The third-order valence-corrected chi connectivity index (χ3v) is 2.89. The van der Waals surface area contributed by atoms with Crippen LogP contribution in [0.3, 0.4) is 0 Å². The number of imidazole rings is 1. The number of carbonyl (C=O) groups excluding carboxylic acids is 1. The first-order chi connectivity index (χ1) is 9.02. The molecule has 3 N–H and O–H groups in total. The van der Waals surface area contributed by atoms with E-state index in [2.05, 4.69) is 10.3 Å². The molecule has 1 heterocycles. The predicted octanol–water partition coefficient (Wildman–Crippen LogP) is 1.57. The number of aromatic nitrogens is 2. The lowest BCUT2D eigenvalue weighted by Gasteiger charge is -2.08. The summed E-state index contributed by atoms with van der Waals surface area (Å²) in [6.45, 7) is 1.79. The molecule has 6 heteroatoms. The van der Waals surface area contributed by atoms with Crippen LogP contribution in [0.15, 0.2) is 24.3 Å². The smallest absolute Gasteiger partial charge is 0.276 e. The lowest BCUT2D eigenvalue weighted by atomic mass is 10.3. The topological polar surface area (TPSA) is 82.2 Å². The molecule has 2 rings (SSSR count). The largest absolute Gasteiger partial charge is 0.497 e. The van der Waals surface area contributed by atoms with E-state index in [0.29, 0.717) is 23.0 Å². The zero-order valence-corrected chi connectivity index (χ0v) is 11.1. The van der Waals surface area contributed by atoms with Crippen molar-refractivity contribution >= 4 is 17.4 Å². The number of ether oxygens (including phenoxy) is 1. The van der Waals surface area contributed by atoms with Gasteiger partial charge in [-0.25, -0.2) is 4.98 Å². The highest BCUT2D eigenvalue weighted by atomic mass is 16.5. The molecule has 0 radical (unpaired) electrons. The lowest BCUT2D eigenvalue weighted by molar-refractivity contribution is 0.102. The second kappa shape index (κ2) is 5.01. The van der Waals surface area contributed by atoms with Gasteiger partial charge in [0.15, 0.2) is 11.5 Å². The minimum absolute atomic E-state index is 0.223. The van der Waals surface area contributed by atoms with Gasteiger partial charge in [0.05, 0.1) is 7.11 Å². The lowest BCUT2D eigenvalue weighted by Crippen LogP contribution is -2.17. The summed E-state index contributed by atoms with van der Waals surface area (Å²) >= 11 is 0. The second-order valence-corrected chi connectivity index (χ2v) is 4.14. The van der Waals surface area contributed by atoms with Crippen LogP contribution in [0.1, 0.15) is 16.3 Å². The van der Waals surface area contributed by atoms with Crippen molar-refractivity contribution in [2.24, 2.45) is 7.05 Å². The zero-order valence-electron chi connectivity index (χ0n) is 11.1. The molecule has 1 aromatic carbocycles. The summed E-state index contributed by atoms with van der Waals surface area (Å²) in [4.78, 5) is 16.2. The molecule has 2 aromatic rings. The summed E-state index contributed by atoms with van der Waals surface area (Å²) in [6.07, 6.45) is 0. The number of nitrogens with one attached hydrogen (secondary N) is 1. The number of methoxy groups -OCH3 is 1. The van der Waals surface area contributed by atoms with Crippen LogP contribution < -0.4 is 15.8 Å². The van der Waals surface area contributed by atoms with E-state index in [-0.39, 0.29) is 11.7 Å². The molecule has 0 spiro atoms. The van der Waals surface area contributed by atoms with Gasteiger partial charge >= 0.3 is 0 Å². The number of amides is 1. The summed E-state index contributed by atoms with van der Waals surface area (Å²) in [6, 6.07) is 7.11. The second-order valence-electron chi connectivity index (χ2n) is 4.14. The summed E-state index contributed by atoms with van der Waals surface area (Å²) in [5.41, 5.74) is 6.72. The van der Waals surface area contributed by atoms with Crippen molar-refractivity contribution in [1.82, 2.24) is 9.55 Å². The summed E-state index contributed by atoms with van der Waals surface area (Å²) < 4.78 is 6.76. The Morgan fingerprint density at radius 1 is 1.47 bits per heavy atom. The summed E-state index contributed by atoms with van der Waals surface area (Å²) in [5.74, 6) is 1.29. The Morgan fingerprint density at radius 3 is 2.79 bits per heavy atom. The van der Waals surface area contributed by atoms with E-state index >= 15 is 0 Å². The quantitative estimate of drug-likeness (QED) is 0.877. The van der Waals surface area contributed by atoms with Crippen molar-refractivity contribution in [1.29, 1.82) is 0 Å². The van der Waals surface area contributed by atoms with Gasteiger partial charge in [-0.05, 0) is 19.1 Å². The van der Waals surface area contributed by atoms with E-state index in [9.17, 15) is 4.79 Å². The van der Waals surface area contributed by atoms with Crippen LogP contribution in [0.5, 0.6) is 5.75 Å². The Kier molecular flexibility index (Phi) is 3.41. The molecule has 0 aliphatic carbocycles. The number of aryl methyl sites for hydroxylation is 1. The zero-order chi connectivity index (χ0) is 14.0. The van der Waals surface area contributed by atoms with Gasteiger partial charge in [-0.1, -0.05) is 6.07 Å². The van der Waals surface area contributed by atoms with Gasteiger partial charge in [0.25, 0.3) is 5.91 Å². The van der Waals surface area contributed by atoms with E-state index in [1.54, 1.807) is 49.9 Å². The third kappa shape index (κ3) is 2.52. The first kappa shape index (κ1) is 12.9. The van der Waals surface area contributed by atoms with Crippen molar-refractivity contribution in [2.75, 3.05) is 18.2 Å². The number of nitrogens with zero attached hydrogens (tertiary/aromatic N) is 2. The average Bonchev–Trinajstić information content (AvgIpc) is 2.63. The standard InChI is InChI=1S/C13H16N4O2/c1-8-15-12(14)11(17(8)2)13(18)16-9-5-4-6-10(7-9)19-3/h4-7H,14H2,1-3H3,(H,16,18). The molecule has 6 nitrogen and oxygen atoms in total. The SMILES string of the molecule is COc1cccc(NC(=O)c2c(N)nc(C)n2C)c1. The minimum atomic E-state index is -0.297. The molecule has 0 aliphatic heterocycles. The van der Waals surface area contributed by atoms with Crippen molar-refractivity contribution in [3.05, 3.63) is 35.8 Å². The molecule has 100 valence electrons. The molecular formula is C13H16N4O2. The highest BCUT2D eigenvalue weighted by Gasteiger charge is 2.17. The third-order valence-electron chi connectivity index (χ3n) is 2.89. The Morgan fingerprint density at radius 2 is 2.21 bits per heavy atom. The molecule has 0 atom stereocenters. The molecule has 0 aliphatic rings. The molecule has 19 heavy (non-hydrogen) atoms. The maximum atomic E-state index is 12.2. The summed E-state index contributed by atoms with van der Waals surface area (Å²) in [5, 5.41) is 2.77. The Balaban J connectivity index is 2.25. The van der Waals surface area contributed by atoms with Crippen LogP contribution in [0.25, 0.3) is 0 Å². The highest BCUT2D eigenvalue weighted by molar-refractivity contribution is 6.06. The molecule has 0 saturated carbocycles. The molecule has 0 bridgehead atoms. The number of nitrogen functional groups attached to an aromatic ring is 1. The summed E-state index contributed by atoms with van der Waals surface area (Å²) in [7, 11) is 3.32. The normalized spacial score (nSPS) is 10.3. The van der Waals surface area contributed by atoms with E-state index in [1.165, 1.54) is 0 Å². The Labute approximate surface area is 111 Å². The fourth-order valence-electron chi connectivity index (χ4n) is 1.80. The maximum Gasteiger partial charge on any atom is 0.276 e. The predicted molar refractivity (Wildman–Crippen MR) is 73.3 cm³/mol. The monoisotopic (exact) mass is 260 g/mol. The van der Waals surface area contributed by atoms with Gasteiger partial charge in [-0.15, -0.1) is 0 Å². The Bertz CT molecular complexity index is 619. The molecule has 0 saturated heterocycles. The van der Waals surface area contributed by atoms with Crippen LogP contribution >= 0.6 is 0 Å². The number of nitrogens with two attached hydrogens (primary N) is 1. The van der Waals surface area contributed by atoms with Gasteiger partial charge in [-0.3, -0.25) is 4.79 Å². The molecular weight excluding hydrogens is 244 g/mol. The van der Waals surface area contributed by atoms with Gasteiger partial charge < -0.3 is 20.4 Å². The van der Waals surface area contributed by atoms with Gasteiger partial charge in [0, 0.05) is 18.8 Å². The number of anilines is 2. The van der Waals surface area contributed by atoms with Crippen LogP contribution in [0, 0.1) is 6.92 Å². The fourth-order valence-corrected chi connectivity index (χ4v) is 1.80.